The zero-order valence-electron chi connectivity index (χ0n) is 9.45. The van der Waals surface area contributed by atoms with Gasteiger partial charge in [-0.2, -0.15) is 5.26 Å². The molecule has 0 atom stereocenters. The van der Waals surface area contributed by atoms with E-state index < -0.39 is 0 Å². The molecule has 2 rings (SSSR count). The number of nitriles is 1. The summed E-state index contributed by atoms with van der Waals surface area (Å²) in [5, 5.41) is 18.3. The van der Waals surface area contributed by atoms with Crippen LogP contribution in [0.2, 0.25) is 0 Å². The van der Waals surface area contributed by atoms with Gasteiger partial charge in [-0.25, -0.2) is 0 Å². The summed E-state index contributed by atoms with van der Waals surface area (Å²) < 4.78 is 0. The third kappa shape index (κ3) is 2.55. The van der Waals surface area contributed by atoms with Crippen LogP contribution in [0.5, 0.6) is 5.75 Å². The number of phenols is 1. The van der Waals surface area contributed by atoms with Crippen LogP contribution in [-0.2, 0) is 6.42 Å². The topological polar surface area (TPSA) is 44.0 Å². The van der Waals surface area contributed by atoms with Crippen molar-refractivity contribution in [3.05, 3.63) is 29.3 Å². The molecule has 2 nitrogen and oxygen atoms in total. The molecule has 0 aromatic heterocycles. The van der Waals surface area contributed by atoms with Crippen molar-refractivity contribution in [2.24, 2.45) is 5.92 Å². The number of nitrogens with zero attached hydrogens (tertiary/aromatic N) is 1. The van der Waals surface area contributed by atoms with Gasteiger partial charge in [-0.3, -0.25) is 0 Å². The number of aromatic hydroxyl groups is 1. The standard InChI is InChI=1S/C14H17NO/c15-10-13-9-12(6-7-14(13)16)8-11-4-2-1-3-5-11/h6-7,9,11,16H,1-5,8H2. The fraction of sp³-hybridized carbons (Fsp3) is 0.500. The fourth-order valence-electron chi connectivity index (χ4n) is 2.52. The number of hydrogen-bond acceptors (Lipinski definition) is 2. The second kappa shape index (κ2) is 5.03. The van der Waals surface area contributed by atoms with E-state index in [2.05, 4.69) is 0 Å². The second-order valence-corrected chi connectivity index (χ2v) is 4.67. The normalized spacial score (nSPS) is 16.9. The van der Waals surface area contributed by atoms with E-state index in [1.54, 1.807) is 6.07 Å². The van der Waals surface area contributed by atoms with Gasteiger partial charge in [0, 0.05) is 0 Å². The zero-order chi connectivity index (χ0) is 11.4. The predicted molar refractivity (Wildman–Crippen MR) is 63.1 cm³/mol. The average molecular weight is 215 g/mol. The highest BCUT2D eigenvalue weighted by molar-refractivity contribution is 5.44. The molecule has 2 heteroatoms. The Bertz CT molecular complexity index is 400. The molecule has 0 bridgehead atoms. The van der Waals surface area contributed by atoms with Crippen LogP contribution in [0, 0.1) is 17.2 Å². The van der Waals surface area contributed by atoms with Crippen molar-refractivity contribution in [3.63, 3.8) is 0 Å². The monoisotopic (exact) mass is 215 g/mol. The predicted octanol–water partition coefficient (Wildman–Crippen LogP) is 3.39. The van der Waals surface area contributed by atoms with Gasteiger partial charge < -0.3 is 5.11 Å². The molecule has 0 amide bonds. The van der Waals surface area contributed by atoms with Crippen LogP contribution in [-0.4, -0.2) is 5.11 Å². The third-order valence-electron chi connectivity index (χ3n) is 3.43. The number of phenolic OH excluding ortho intramolecular Hbond substituents is 1. The van der Waals surface area contributed by atoms with E-state index >= 15 is 0 Å². The number of rotatable bonds is 2. The molecular formula is C14H17NO. The Morgan fingerprint density at radius 1 is 1.25 bits per heavy atom. The van der Waals surface area contributed by atoms with Gasteiger partial charge in [-0.1, -0.05) is 38.2 Å². The summed E-state index contributed by atoms with van der Waals surface area (Å²) >= 11 is 0. The van der Waals surface area contributed by atoms with Crippen LogP contribution in [0.3, 0.4) is 0 Å². The maximum absolute atomic E-state index is 9.42. The van der Waals surface area contributed by atoms with Crippen LogP contribution in [0.1, 0.15) is 43.2 Å². The van der Waals surface area contributed by atoms with E-state index in [0.717, 1.165) is 12.3 Å². The van der Waals surface area contributed by atoms with Crippen molar-refractivity contribution in [1.29, 1.82) is 5.26 Å². The molecule has 16 heavy (non-hydrogen) atoms. The van der Waals surface area contributed by atoms with E-state index in [1.165, 1.54) is 37.7 Å². The third-order valence-corrected chi connectivity index (χ3v) is 3.43. The highest BCUT2D eigenvalue weighted by Crippen LogP contribution is 2.28. The SMILES string of the molecule is N#Cc1cc(CC2CCCCC2)ccc1O. The molecular weight excluding hydrogens is 198 g/mol. The lowest BCUT2D eigenvalue weighted by Crippen LogP contribution is -2.09. The van der Waals surface area contributed by atoms with Crippen LogP contribution in [0.4, 0.5) is 0 Å². The Morgan fingerprint density at radius 2 is 2.00 bits per heavy atom. The second-order valence-electron chi connectivity index (χ2n) is 4.67. The highest BCUT2D eigenvalue weighted by Gasteiger charge is 2.14. The van der Waals surface area contributed by atoms with E-state index in [-0.39, 0.29) is 5.75 Å². The Morgan fingerprint density at radius 3 is 2.69 bits per heavy atom. The average Bonchev–Trinajstić information content (AvgIpc) is 2.33. The molecule has 1 aromatic carbocycles. The minimum atomic E-state index is 0.0925. The van der Waals surface area contributed by atoms with Gasteiger partial charge in [0.05, 0.1) is 5.56 Å². The van der Waals surface area contributed by atoms with Crippen molar-refractivity contribution < 1.29 is 5.11 Å². The van der Waals surface area contributed by atoms with Crippen molar-refractivity contribution in [1.82, 2.24) is 0 Å². The van der Waals surface area contributed by atoms with Crippen molar-refractivity contribution in [2.75, 3.05) is 0 Å². The van der Waals surface area contributed by atoms with E-state index in [1.807, 2.05) is 18.2 Å². The van der Waals surface area contributed by atoms with Gasteiger partial charge in [0.2, 0.25) is 0 Å². The summed E-state index contributed by atoms with van der Waals surface area (Å²) in [4.78, 5) is 0. The molecule has 84 valence electrons. The van der Waals surface area contributed by atoms with Gasteiger partial charge in [-0.05, 0) is 30.0 Å². The van der Waals surface area contributed by atoms with Crippen LogP contribution >= 0.6 is 0 Å². The van der Waals surface area contributed by atoms with E-state index in [4.69, 9.17) is 5.26 Å². The minimum Gasteiger partial charge on any atom is -0.507 e. The summed E-state index contributed by atoms with van der Waals surface area (Å²) in [7, 11) is 0. The molecule has 0 spiro atoms. The molecule has 1 aromatic rings. The first-order valence-corrected chi connectivity index (χ1v) is 6.01. The van der Waals surface area contributed by atoms with Crippen molar-refractivity contribution >= 4 is 0 Å². The molecule has 0 radical (unpaired) electrons. The van der Waals surface area contributed by atoms with Gasteiger partial charge in [-0.15, -0.1) is 0 Å². The smallest absolute Gasteiger partial charge is 0.133 e. The lowest BCUT2D eigenvalue weighted by atomic mass is 9.84. The van der Waals surface area contributed by atoms with Gasteiger partial charge in [0.25, 0.3) is 0 Å². The summed E-state index contributed by atoms with van der Waals surface area (Å²) in [6, 6.07) is 7.42. The highest BCUT2D eigenvalue weighted by atomic mass is 16.3. The Balaban J connectivity index is 2.06. The Kier molecular flexibility index (Phi) is 3.46. The van der Waals surface area contributed by atoms with Gasteiger partial charge >= 0.3 is 0 Å². The molecule has 1 aliphatic carbocycles. The number of hydrogen-bond donors (Lipinski definition) is 1. The largest absolute Gasteiger partial charge is 0.507 e. The summed E-state index contributed by atoms with van der Waals surface area (Å²) in [5.74, 6) is 0.861. The van der Waals surface area contributed by atoms with Crippen LogP contribution < -0.4 is 0 Å². The Labute approximate surface area is 96.5 Å². The van der Waals surface area contributed by atoms with Crippen molar-refractivity contribution in [3.8, 4) is 11.8 Å². The molecule has 0 saturated heterocycles. The molecule has 1 fully saturated rings. The molecule has 1 aliphatic rings. The molecule has 0 heterocycles. The molecule has 0 unspecified atom stereocenters. The summed E-state index contributed by atoms with van der Waals surface area (Å²) in [6.45, 7) is 0. The lowest BCUT2D eigenvalue weighted by molar-refractivity contribution is 0.356. The van der Waals surface area contributed by atoms with Crippen molar-refractivity contribution in [2.45, 2.75) is 38.5 Å². The summed E-state index contributed by atoms with van der Waals surface area (Å²) in [6.07, 6.45) is 7.72. The molecule has 1 saturated carbocycles. The number of benzene rings is 1. The van der Waals surface area contributed by atoms with Gasteiger partial charge in [0.1, 0.15) is 11.8 Å². The lowest BCUT2D eigenvalue weighted by Gasteiger charge is -2.21. The fourth-order valence-corrected chi connectivity index (χ4v) is 2.52. The first kappa shape index (κ1) is 11.0. The summed E-state index contributed by atoms with van der Waals surface area (Å²) in [5.41, 5.74) is 1.58. The first-order chi connectivity index (χ1) is 7.79. The Hall–Kier alpha value is -1.49. The molecule has 1 N–H and O–H groups in total. The minimum absolute atomic E-state index is 0.0925. The quantitative estimate of drug-likeness (QED) is 0.821. The maximum Gasteiger partial charge on any atom is 0.133 e. The van der Waals surface area contributed by atoms with Gasteiger partial charge in [0.15, 0.2) is 0 Å². The zero-order valence-corrected chi connectivity index (χ0v) is 9.45. The van der Waals surface area contributed by atoms with Crippen LogP contribution in [0.15, 0.2) is 18.2 Å². The first-order valence-electron chi connectivity index (χ1n) is 6.01. The maximum atomic E-state index is 9.42. The van der Waals surface area contributed by atoms with Crippen LogP contribution in [0.25, 0.3) is 0 Å². The van der Waals surface area contributed by atoms with E-state index in [9.17, 15) is 5.11 Å². The van der Waals surface area contributed by atoms with E-state index in [0.29, 0.717) is 5.56 Å². The molecule has 0 aliphatic heterocycles.